The molecule has 0 radical (unpaired) electrons. The highest BCUT2D eigenvalue weighted by Crippen LogP contribution is 2.31. The molecule has 1 heterocycles. The molecule has 5 rings (SSSR count). The maximum Gasteiger partial charge on any atom is 0.302 e. The van der Waals surface area contributed by atoms with Gasteiger partial charge in [-0.2, -0.15) is 0 Å². The summed E-state index contributed by atoms with van der Waals surface area (Å²) < 4.78 is 38.2. The zero-order valence-corrected chi connectivity index (χ0v) is 25.7. The van der Waals surface area contributed by atoms with Crippen molar-refractivity contribution in [2.45, 2.75) is 70.3 Å². The van der Waals surface area contributed by atoms with Gasteiger partial charge in [-0.1, -0.05) is 121 Å². The first-order valence-corrected chi connectivity index (χ1v) is 15.6. The number of benzene rings is 4. The number of rotatable bonds is 16. The minimum Gasteiger partial charge on any atom is -0.463 e. The molecular weight excluding hydrogens is 568 g/mol. The van der Waals surface area contributed by atoms with E-state index in [1.165, 1.54) is 12.5 Å². The van der Waals surface area contributed by atoms with Gasteiger partial charge in [0, 0.05) is 6.92 Å². The van der Waals surface area contributed by atoms with Gasteiger partial charge in [0.05, 0.1) is 26.4 Å². The molecule has 4 aromatic rings. The lowest BCUT2D eigenvalue weighted by Crippen LogP contribution is -2.62. The molecule has 236 valence electrons. The van der Waals surface area contributed by atoms with E-state index >= 15 is 0 Å². The van der Waals surface area contributed by atoms with E-state index in [-0.39, 0.29) is 6.61 Å². The maximum absolute atomic E-state index is 11.9. The summed E-state index contributed by atoms with van der Waals surface area (Å²) in [5.41, 5.74) is 4.29. The SMILES string of the molecule is CC(=O)OC[C@H]1O[C@H](OCCCc2ccccc2)[C@H](OCc2ccccc2)[C@@H](OCc2ccccc2)[C@@H]1OCc1ccccc1. The van der Waals surface area contributed by atoms with Crippen LogP contribution >= 0.6 is 0 Å². The molecule has 45 heavy (non-hydrogen) atoms. The van der Waals surface area contributed by atoms with Crippen molar-refractivity contribution < 1.29 is 33.2 Å². The van der Waals surface area contributed by atoms with E-state index in [2.05, 4.69) is 12.1 Å². The van der Waals surface area contributed by atoms with Crippen molar-refractivity contribution in [2.24, 2.45) is 0 Å². The summed E-state index contributed by atoms with van der Waals surface area (Å²) in [6.07, 6.45) is -1.58. The van der Waals surface area contributed by atoms with Gasteiger partial charge >= 0.3 is 5.97 Å². The lowest BCUT2D eigenvalue weighted by Gasteiger charge is -2.45. The third-order valence-corrected chi connectivity index (χ3v) is 7.63. The van der Waals surface area contributed by atoms with Crippen LogP contribution in [0.3, 0.4) is 0 Å². The summed E-state index contributed by atoms with van der Waals surface area (Å²) in [6.45, 7) is 2.83. The van der Waals surface area contributed by atoms with Crippen molar-refractivity contribution in [3.63, 3.8) is 0 Å². The van der Waals surface area contributed by atoms with Gasteiger partial charge in [0.25, 0.3) is 0 Å². The number of hydrogen-bond acceptors (Lipinski definition) is 7. The molecule has 1 aliphatic rings. The molecule has 1 fully saturated rings. The first-order chi connectivity index (χ1) is 22.2. The largest absolute Gasteiger partial charge is 0.463 e. The Morgan fingerprint density at radius 2 is 1.02 bits per heavy atom. The fraction of sp³-hybridized carbons (Fsp3) is 0.342. The van der Waals surface area contributed by atoms with Gasteiger partial charge in [-0.05, 0) is 35.1 Å². The van der Waals surface area contributed by atoms with E-state index in [0.29, 0.717) is 26.4 Å². The predicted octanol–water partition coefficient (Wildman–Crippen LogP) is 6.68. The van der Waals surface area contributed by atoms with E-state index < -0.39 is 36.7 Å². The van der Waals surface area contributed by atoms with E-state index in [1.807, 2.05) is 109 Å². The first kappa shape index (κ1) is 32.5. The van der Waals surface area contributed by atoms with Gasteiger partial charge in [0.15, 0.2) is 6.29 Å². The second-order valence-corrected chi connectivity index (χ2v) is 11.1. The zero-order chi connectivity index (χ0) is 31.1. The summed E-state index contributed by atoms with van der Waals surface area (Å²) in [6, 6.07) is 40.2. The van der Waals surface area contributed by atoms with Crippen LogP contribution in [0.1, 0.15) is 35.6 Å². The van der Waals surface area contributed by atoms with Gasteiger partial charge in [-0.25, -0.2) is 0 Å². The van der Waals surface area contributed by atoms with Crippen molar-refractivity contribution >= 4 is 5.97 Å². The molecule has 0 N–H and O–H groups in total. The molecule has 0 amide bonds. The molecule has 1 aliphatic heterocycles. The van der Waals surface area contributed by atoms with Gasteiger partial charge in [-0.15, -0.1) is 0 Å². The summed E-state index contributed by atoms with van der Waals surface area (Å²) in [7, 11) is 0. The number of carbonyl (C=O) groups excluding carboxylic acids is 1. The molecule has 0 unspecified atom stereocenters. The van der Waals surface area contributed by atoms with Gasteiger partial charge in [-0.3, -0.25) is 4.79 Å². The highest BCUT2D eigenvalue weighted by atomic mass is 16.7. The van der Waals surface area contributed by atoms with Crippen molar-refractivity contribution in [3.05, 3.63) is 144 Å². The minimum atomic E-state index is -0.776. The molecule has 7 nitrogen and oxygen atoms in total. The van der Waals surface area contributed by atoms with Crippen LogP contribution in [-0.2, 0) is 59.5 Å². The molecule has 7 heteroatoms. The Labute approximate surface area is 266 Å². The minimum absolute atomic E-state index is 0.00470. The molecule has 1 saturated heterocycles. The number of carbonyl (C=O) groups is 1. The highest BCUT2D eigenvalue weighted by Gasteiger charge is 2.49. The van der Waals surface area contributed by atoms with Crippen LogP contribution in [0.25, 0.3) is 0 Å². The Morgan fingerprint density at radius 1 is 0.578 bits per heavy atom. The Bertz CT molecular complexity index is 1390. The fourth-order valence-electron chi connectivity index (χ4n) is 5.33. The van der Waals surface area contributed by atoms with E-state index in [0.717, 1.165) is 29.5 Å². The quantitative estimate of drug-likeness (QED) is 0.104. The average Bonchev–Trinajstić information content (AvgIpc) is 3.08. The van der Waals surface area contributed by atoms with E-state index in [4.69, 9.17) is 28.4 Å². The van der Waals surface area contributed by atoms with Crippen LogP contribution < -0.4 is 0 Å². The molecule has 0 saturated carbocycles. The van der Waals surface area contributed by atoms with Crippen LogP contribution in [0.15, 0.2) is 121 Å². The van der Waals surface area contributed by atoms with Crippen molar-refractivity contribution in [1.29, 1.82) is 0 Å². The van der Waals surface area contributed by atoms with Crippen LogP contribution in [0.2, 0.25) is 0 Å². The number of esters is 1. The summed E-state index contributed by atoms with van der Waals surface area (Å²) in [4.78, 5) is 11.9. The highest BCUT2D eigenvalue weighted by molar-refractivity contribution is 5.65. The lowest BCUT2D eigenvalue weighted by molar-refractivity contribution is -0.327. The average molecular weight is 611 g/mol. The van der Waals surface area contributed by atoms with Crippen LogP contribution in [0.5, 0.6) is 0 Å². The summed E-state index contributed by atoms with van der Waals surface area (Å²) >= 11 is 0. The number of ether oxygens (including phenoxy) is 6. The second-order valence-electron chi connectivity index (χ2n) is 11.1. The fourth-order valence-corrected chi connectivity index (χ4v) is 5.33. The van der Waals surface area contributed by atoms with Crippen LogP contribution in [-0.4, -0.2) is 49.9 Å². The zero-order valence-electron chi connectivity index (χ0n) is 25.7. The molecule has 5 atom stereocenters. The number of hydrogen-bond donors (Lipinski definition) is 0. The third kappa shape index (κ3) is 10.3. The van der Waals surface area contributed by atoms with Gasteiger partial charge in [0.1, 0.15) is 31.0 Å². The molecule has 0 spiro atoms. The van der Waals surface area contributed by atoms with Gasteiger partial charge < -0.3 is 28.4 Å². The van der Waals surface area contributed by atoms with Crippen molar-refractivity contribution in [3.8, 4) is 0 Å². The molecular formula is C38H42O7. The van der Waals surface area contributed by atoms with Crippen LogP contribution in [0.4, 0.5) is 0 Å². The predicted molar refractivity (Wildman–Crippen MR) is 171 cm³/mol. The maximum atomic E-state index is 11.9. The molecule has 0 bridgehead atoms. The first-order valence-electron chi connectivity index (χ1n) is 15.6. The van der Waals surface area contributed by atoms with Gasteiger partial charge in [0.2, 0.25) is 0 Å². The summed E-state index contributed by atoms with van der Waals surface area (Å²) in [5.74, 6) is -0.398. The molecule has 0 aliphatic carbocycles. The Kier molecular flexibility index (Phi) is 12.7. The normalized spacial score (nSPS) is 21.3. The molecule has 4 aromatic carbocycles. The monoisotopic (exact) mass is 610 g/mol. The topological polar surface area (TPSA) is 72.5 Å². The Balaban J connectivity index is 1.40. The molecule has 0 aromatic heterocycles. The smallest absolute Gasteiger partial charge is 0.302 e. The van der Waals surface area contributed by atoms with Crippen molar-refractivity contribution in [1.82, 2.24) is 0 Å². The third-order valence-electron chi connectivity index (χ3n) is 7.63. The number of aryl methyl sites for hydroxylation is 1. The van der Waals surface area contributed by atoms with Crippen LogP contribution in [0, 0.1) is 0 Å². The van der Waals surface area contributed by atoms with E-state index in [1.54, 1.807) is 0 Å². The summed E-state index contributed by atoms with van der Waals surface area (Å²) in [5, 5.41) is 0. The lowest BCUT2D eigenvalue weighted by atomic mass is 9.97. The Morgan fingerprint density at radius 3 is 1.51 bits per heavy atom. The van der Waals surface area contributed by atoms with E-state index in [9.17, 15) is 4.79 Å². The standard InChI is InChI=1S/C38H42O7/c1-29(39)41-28-34-35(42-25-31-17-8-3-9-18-31)36(43-26-32-19-10-4-11-20-32)37(44-27-33-21-12-5-13-22-33)38(45-34)40-24-14-23-30-15-6-2-7-16-30/h2-13,15-22,34-38H,14,23-28H2,1H3/t34-,35-,36+,37-,38+/m1/s1. The Hall–Kier alpha value is -3.85. The van der Waals surface area contributed by atoms with Crippen molar-refractivity contribution in [2.75, 3.05) is 13.2 Å². The second kappa shape index (κ2) is 17.6.